The number of aromatic amines is 1. The monoisotopic (exact) mass is 254 g/mol. The number of rotatable bonds is 2. The van der Waals surface area contributed by atoms with Gasteiger partial charge in [-0.2, -0.15) is 5.10 Å². The molecule has 74 valence electrons. The second kappa shape index (κ2) is 3.61. The van der Waals surface area contributed by atoms with Crippen LogP contribution in [0.4, 0.5) is 0 Å². The maximum absolute atomic E-state index is 5.63. The van der Waals surface area contributed by atoms with E-state index in [4.69, 9.17) is 4.74 Å². The van der Waals surface area contributed by atoms with E-state index in [-0.39, 0.29) is 6.10 Å². The highest BCUT2D eigenvalue weighted by molar-refractivity contribution is 9.10. The molecule has 14 heavy (non-hydrogen) atoms. The molecule has 1 aromatic heterocycles. The fourth-order valence-electron chi connectivity index (χ4n) is 1.29. The minimum atomic E-state index is 0.177. The molecule has 1 N–H and O–H groups in total. The third kappa shape index (κ3) is 1.75. The van der Waals surface area contributed by atoms with E-state index < -0.39 is 0 Å². The molecule has 4 heteroatoms. The molecule has 3 nitrogen and oxygen atoms in total. The topological polar surface area (TPSA) is 37.9 Å². The van der Waals surface area contributed by atoms with Crippen molar-refractivity contribution < 1.29 is 4.74 Å². The van der Waals surface area contributed by atoms with E-state index in [1.165, 1.54) is 0 Å². The van der Waals surface area contributed by atoms with Crippen LogP contribution in [-0.4, -0.2) is 16.3 Å². The SMILES string of the molecule is CC(C)Oc1cc2cn[nH]c2cc1Br. The van der Waals surface area contributed by atoms with Crippen LogP contribution >= 0.6 is 15.9 Å². The highest BCUT2D eigenvalue weighted by Crippen LogP contribution is 2.30. The van der Waals surface area contributed by atoms with Crippen LogP contribution in [0.25, 0.3) is 10.9 Å². The van der Waals surface area contributed by atoms with E-state index in [0.717, 1.165) is 21.1 Å². The Hall–Kier alpha value is -1.03. The van der Waals surface area contributed by atoms with E-state index in [9.17, 15) is 0 Å². The Labute approximate surface area is 90.6 Å². The molecule has 0 fully saturated rings. The van der Waals surface area contributed by atoms with Crippen molar-refractivity contribution in [3.05, 3.63) is 22.8 Å². The van der Waals surface area contributed by atoms with Gasteiger partial charge < -0.3 is 4.74 Å². The van der Waals surface area contributed by atoms with Gasteiger partial charge in [-0.3, -0.25) is 5.10 Å². The molecule has 2 rings (SSSR count). The van der Waals surface area contributed by atoms with Crippen LogP contribution in [0.3, 0.4) is 0 Å². The van der Waals surface area contributed by atoms with Crippen LogP contribution in [-0.2, 0) is 0 Å². The number of halogens is 1. The molecular formula is C10H11BrN2O. The highest BCUT2D eigenvalue weighted by Gasteiger charge is 2.06. The zero-order valence-electron chi connectivity index (χ0n) is 8.04. The van der Waals surface area contributed by atoms with Gasteiger partial charge in [-0.25, -0.2) is 0 Å². The summed E-state index contributed by atoms with van der Waals surface area (Å²) in [5.74, 6) is 0.855. The summed E-state index contributed by atoms with van der Waals surface area (Å²) in [5, 5.41) is 7.93. The lowest BCUT2D eigenvalue weighted by atomic mass is 10.2. The quantitative estimate of drug-likeness (QED) is 0.895. The number of hydrogen-bond acceptors (Lipinski definition) is 2. The van der Waals surface area contributed by atoms with Gasteiger partial charge >= 0.3 is 0 Å². The maximum Gasteiger partial charge on any atom is 0.134 e. The number of nitrogens with zero attached hydrogens (tertiary/aromatic N) is 1. The number of benzene rings is 1. The molecule has 0 saturated heterocycles. The van der Waals surface area contributed by atoms with Crippen molar-refractivity contribution in [2.24, 2.45) is 0 Å². The predicted octanol–water partition coefficient (Wildman–Crippen LogP) is 3.11. The maximum atomic E-state index is 5.63. The van der Waals surface area contributed by atoms with Crippen molar-refractivity contribution in [1.29, 1.82) is 0 Å². The number of nitrogens with one attached hydrogen (secondary N) is 1. The fourth-order valence-corrected chi connectivity index (χ4v) is 1.73. The molecule has 0 aliphatic rings. The Morgan fingerprint density at radius 2 is 2.21 bits per heavy atom. The molecule has 0 radical (unpaired) electrons. The number of ether oxygens (including phenoxy) is 1. The van der Waals surface area contributed by atoms with E-state index in [1.54, 1.807) is 6.20 Å². The minimum absolute atomic E-state index is 0.177. The van der Waals surface area contributed by atoms with Crippen molar-refractivity contribution in [3.63, 3.8) is 0 Å². The first kappa shape index (κ1) is 9.52. The molecule has 0 atom stereocenters. The second-order valence-electron chi connectivity index (χ2n) is 3.41. The Kier molecular flexibility index (Phi) is 2.46. The molecule has 1 aromatic carbocycles. The van der Waals surface area contributed by atoms with Gasteiger partial charge in [0.1, 0.15) is 5.75 Å². The van der Waals surface area contributed by atoms with Crippen molar-refractivity contribution in [2.75, 3.05) is 0 Å². The number of fused-ring (bicyclic) bond motifs is 1. The van der Waals surface area contributed by atoms with Gasteiger partial charge in [-0.05, 0) is 41.9 Å². The largest absolute Gasteiger partial charge is 0.490 e. The molecule has 1 heterocycles. The number of hydrogen-bond donors (Lipinski definition) is 1. The molecule has 0 unspecified atom stereocenters. The third-order valence-electron chi connectivity index (χ3n) is 1.86. The van der Waals surface area contributed by atoms with Crippen molar-refractivity contribution >= 4 is 26.8 Å². The zero-order chi connectivity index (χ0) is 10.1. The highest BCUT2D eigenvalue weighted by atomic mass is 79.9. The average molecular weight is 255 g/mol. The summed E-state index contributed by atoms with van der Waals surface area (Å²) in [6.45, 7) is 4.01. The molecular weight excluding hydrogens is 244 g/mol. The number of H-pyrrole nitrogens is 1. The van der Waals surface area contributed by atoms with E-state index >= 15 is 0 Å². The standard InChI is InChI=1S/C10H11BrN2O/c1-6(2)14-10-3-7-5-12-13-9(7)4-8(10)11/h3-6H,1-2H3,(H,12,13). The fraction of sp³-hybridized carbons (Fsp3) is 0.300. The molecule has 0 bridgehead atoms. The lowest BCUT2D eigenvalue weighted by Gasteiger charge is -2.11. The van der Waals surface area contributed by atoms with Crippen LogP contribution in [0.5, 0.6) is 5.75 Å². The molecule has 0 aliphatic carbocycles. The first-order valence-electron chi connectivity index (χ1n) is 4.46. The summed E-state index contributed by atoms with van der Waals surface area (Å²) >= 11 is 3.46. The Balaban J connectivity index is 2.48. The summed E-state index contributed by atoms with van der Waals surface area (Å²) in [6.07, 6.45) is 1.96. The van der Waals surface area contributed by atoms with Gasteiger partial charge in [0.2, 0.25) is 0 Å². The summed E-state index contributed by atoms with van der Waals surface area (Å²) in [7, 11) is 0. The lowest BCUT2D eigenvalue weighted by molar-refractivity contribution is 0.241. The van der Waals surface area contributed by atoms with Gasteiger partial charge in [0, 0.05) is 5.39 Å². The van der Waals surface area contributed by atoms with E-state index in [0.29, 0.717) is 0 Å². The summed E-state index contributed by atoms with van der Waals surface area (Å²) in [6, 6.07) is 3.95. The van der Waals surface area contributed by atoms with Gasteiger partial charge in [0.15, 0.2) is 0 Å². The Morgan fingerprint density at radius 1 is 1.43 bits per heavy atom. The summed E-state index contributed by atoms with van der Waals surface area (Å²) in [5.41, 5.74) is 1.01. The summed E-state index contributed by atoms with van der Waals surface area (Å²) < 4.78 is 6.58. The van der Waals surface area contributed by atoms with Crippen LogP contribution in [0.1, 0.15) is 13.8 Å². The Bertz CT molecular complexity index is 450. The zero-order valence-corrected chi connectivity index (χ0v) is 9.63. The lowest BCUT2D eigenvalue weighted by Crippen LogP contribution is -2.05. The molecule has 0 spiro atoms. The summed E-state index contributed by atoms with van der Waals surface area (Å²) in [4.78, 5) is 0. The van der Waals surface area contributed by atoms with Crippen LogP contribution in [0, 0.1) is 0 Å². The van der Waals surface area contributed by atoms with Crippen molar-refractivity contribution in [1.82, 2.24) is 10.2 Å². The smallest absolute Gasteiger partial charge is 0.134 e. The molecule has 0 saturated carbocycles. The third-order valence-corrected chi connectivity index (χ3v) is 2.48. The van der Waals surface area contributed by atoms with Crippen molar-refractivity contribution in [2.45, 2.75) is 20.0 Å². The first-order chi connectivity index (χ1) is 6.66. The molecule has 0 amide bonds. The van der Waals surface area contributed by atoms with E-state index in [2.05, 4.69) is 26.1 Å². The van der Waals surface area contributed by atoms with E-state index in [1.807, 2.05) is 26.0 Å². The Morgan fingerprint density at radius 3 is 2.93 bits per heavy atom. The molecule has 0 aliphatic heterocycles. The van der Waals surface area contributed by atoms with Crippen molar-refractivity contribution in [3.8, 4) is 5.75 Å². The van der Waals surface area contributed by atoms with Gasteiger partial charge in [0.05, 0.1) is 22.3 Å². The molecule has 2 aromatic rings. The normalized spacial score (nSPS) is 11.1. The van der Waals surface area contributed by atoms with Gasteiger partial charge in [-0.15, -0.1) is 0 Å². The van der Waals surface area contributed by atoms with Gasteiger partial charge in [0.25, 0.3) is 0 Å². The van der Waals surface area contributed by atoms with Crippen LogP contribution in [0.2, 0.25) is 0 Å². The number of aromatic nitrogens is 2. The van der Waals surface area contributed by atoms with Crippen LogP contribution < -0.4 is 4.74 Å². The van der Waals surface area contributed by atoms with Crippen LogP contribution in [0.15, 0.2) is 22.8 Å². The minimum Gasteiger partial charge on any atom is -0.490 e. The average Bonchev–Trinajstić information content (AvgIpc) is 2.51. The second-order valence-corrected chi connectivity index (χ2v) is 4.26. The van der Waals surface area contributed by atoms with Gasteiger partial charge in [-0.1, -0.05) is 0 Å². The first-order valence-corrected chi connectivity index (χ1v) is 5.25. The predicted molar refractivity (Wildman–Crippen MR) is 59.6 cm³/mol.